The summed E-state index contributed by atoms with van der Waals surface area (Å²) in [5.74, 6) is -0.999. The van der Waals surface area contributed by atoms with E-state index in [0.717, 1.165) is 13.2 Å². The van der Waals surface area contributed by atoms with Crippen LogP contribution in [-0.2, 0) is 48.5 Å². The van der Waals surface area contributed by atoms with Gasteiger partial charge in [-0.25, -0.2) is 17.3 Å². The molecule has 0 aliphatic carbocycles. The number of ether oxygens (including phenoxy) is 3. The summed E-state index contributed by atoms with van der Waals surface area (Å²) in [4.78, 5) is 12.0. The summed E-state index contributed by atoms with van der Waals surface area (Å²) in [6.45, 7) is -2.29. The second kappa shape index (κ2) is 12.4. The first-order valence-electron chi connectivity index (χ1n) is 8.47. The Morgan fingerprint density at radius 3 is 2.06 bits per heavy atom. The summed E-state index contributed by atoms with van der Waals surface area (Å²) < 4.78 is 117. The largest absolute Gasteiger partial charge is 0.493 e. The minimum atomic E-state index is -5.07. The lowest BCUT2D eigenvalue weighted by Gasteiger charge is -2.17. The lowest BCUT2D eigenvalue weighted by atomic mass is 10.2. The number of methoxy groups -OCH3 is 1. The van der Waals surface area contributed by atoms with Crippen LogP contribution in [-0.4, -0.2) is 84.5 Å². The van der Waals surface area contributed by atoms with Crippen LogP contribution in [0.25, 0.3) is 0 Å². The van der Waals surface area contributed by atoms with Crippen molar-refractivity contribution in [2.45, 2.75) is 12.5 Å². The summed E-state index contributed by atoms with van der Waals surface area (Å²) in [6, 6.07) is 3.67. The molecule has 0 radical (unpaired) electrons. The number of rotatable bonds is 15. The van der Waals surface area contributed by atoms with Crippen LogP contribution in [0.4, 0.5) is 0 Å². The lowest BCUT2D eigenvalue weighted by Crippen LogP contribution is -2.31. The van der Waals surface area contributed by atoms with Crippen LogP contribution >= 0.6 is 0 Å². The molecule has 1 atom stereocenters. The number of esters is 1. The van der Waals surface area contributed by atoms with Crippen LogP contribution in [0.3, 0.4) is 0 Å². The number of carbonyl (C=O) groups is 1. The molecule has 1 rings (SSSR count). The lowest BCUT2D eigenvalue weighted by molar-refractivity contribution is 0.0576. The van der Waals surface area contributed by atoms with Crippen LogP contribution in [0.5, 0.6) is 11.5 Å². The predicted molar refractivity (Wildman–Crippen MR) is 105 cm³/mol. The van der Waals surface area contributed by atoms with E-state index in [1.807, 2.05) is 0 Å². The SMILES string of the molecule is COC(=O)c1cc(OCCCOS(=O)(=O)O)ccc1OC[C@@H](COS(=O)(=O)O)OS(=O)(=O)O. The molecular weight excluding hydrogens is 520 g/mol. The van der Waals surface area contributed by atoms with E-state index in [9.17, 15) is 30.0 Å². The van der Waals surface area contributed by atoms with Gasteiger partial charge in [-0.05, 0) is 18.2 Å². The van der Waals surface area contributed by atoms with Crippen LogP contribution in [0.2, 0.25) is 0 Å². The molecule has 0 heterocycles. The number of hydrogen-bond donors (Lipinski definition) is 3. The van der Waals surface area contributed by atoms with Gasteiger partial charge in [0.25, 0.3) is 0 Å². The second-order valence-corrected chi connectivity index (χ2v) is 9.00. The van der Waals surface area contributed by atoms with Gasteiger partial charge in [0, 0.05) is 6.42 Å². The smallest absolute Gasteiger partial charge is 0.397 e. The second-order valence-electron chi connectivity index (χ2n) is 5.77. The molecule has 0 fully saturated rings. The zero-order chi connectivity index (χ0) is 25.3. The third-order valence-corrected chi connectivity index (χ3v) is 4.65. The van der Waals surface area contributed by atoms with E-state index in [1.54, 1.807) is 0 Å². The summed E-state index contributed by atoms with van der Waals surface area (Å²) in [5, 5.41) is 0. The molecule has 0 aromatic heterocycles. The van der Waals surface area contributed by atoms with Crippen molar-refractivity contribution < 1.29 is 70.5 Å². The molecule has 0 saturated heterocycles. The van der Waals surface area contributed by atoms with Gasteiger partial charge in [0.1, 0.15) is 29.8 Å². The van der Waals surface area contributed by atoms with E-state index < -0.39 is 56.5 Å². The summed E-state index contributed by atoms with van der Waals surface area (Å²) in [5.41, 5.74) is -0.217. The topological polar surface area (TPSA) is 236 Å². The Morgan fingerprint density at radius 2 is 1.52 bits per heavy atom. The number of hydrogen-bond acceptors (Lipinski definition) is 13. The molecule has 0 unspecified atom stereocenters. The van der Waals surface area contributed by atoms with Crippen molar-refractivity contribution in [1.82, 2.24) is 0 Å². The Bertz CT molecular complexity index is 1110. The van der Waals surface area contributed by atoms with Crippen molar-refractivity contribution in [2.75, 3.05) is 33.5 Å². The Hall–Kier alpha value is -2.10. The highest BCUT2D eigenvalue weighted by molar-refractivity contribution is 7.81. The molecule has 0 amide bonds. The van der Waals surface area contributed by atoms with E-state index in [-0.39, 0.29) is 36.7 Å². The first-order valence-corrected chi connectivity index (χ1v) is 12.6. The molecule has 0 spiro atoms. The van der Waals surface area contributed by atoms with Gasteiger partial charge < -0.3 is 14.2 Å². The van der Waals surface area contributed by atoms with Gasteiger partial charge in [-0.1, -0.05) is 0 Å². The third kappa shape index (κ3) is 13.3. The van der Waals surface area contributed by atoms with Gasteiger partial charge in [-0.3, -0.25) is 13.7 Å². The van der Waals surface area contributed by atoms with E-state index >= 15 is 0 Å². The van der Waals surface area contributed by atoms with Crippen molar-refractivity contribution in [3.05, 3.63) is 23.8 Å². The molecule has 19 heteroatoms. The molecule has 0 aliphatic heterocycles. The zero-order valence-electron chi connectivity index (χ0n) is 16.7. The fourth-order valence-corrected chi connectivity index (χ4v) is 3.13. The molecule has 33 heavy (non-hydrogen) atoms. The monoisotopic (exact) mass is 540 g/mol. The van der Waals surface area contributed by atoms with E-state index in [2.05, 4.69) is 17.3 Å². The highest BCUT2D eigenvalue weighted by Gasteiger charge is 2.23. The van der Waals surface area contributed by atoms with Crippen LogP contribution < -0.4 is 9.47 Å². The highest BCUT2D eigenvalue weighted by atomic mass is 32.3. The predicted octanol–water partition coefficient (Wildman–Crippen LogP) is -0.552. The Labute approximate surface area is 189 Å². The van der Waals surface area contributed by atoms with Crippen LogP contribution in [0.15, 0.2) is 18.2 Å². The van der Waals surface area contributed by atoms with Crippen LogP contribution in [0.1, 0.15) is 16.8 Å². The normalized spacial score (nSPS) is 13.3. The third-order valence-electron chi connectivity index (χ3n) is 3.23. The van der Waals surface area contributed by atoms with E-state index in [0.29, 0.717) is 0 Å². The van der Waals surface area contributed by atoms with Gasteiger partial charge in [0.2, 0.25) is 0 Å². The molecule has 0 saturated carbocycles. The summed E-state index contributed by atoms with van der Waals surface area (Å²) >= 11 is 0. The molecule has 0 aliphatic rings. The Balaban J connectivity index is 2.89. The Morgan fingerprint density at radius 1 is 0.879 bits per heavy atom. The van der Waals surface area contributed by atoms with E-state index in [1.165, 1.54) is 12.1 Å². The van der Waals surface area contributed by atoms with Gasteiger partial charge in [-0.15, -0.1) is 0 Å². The van der Waals surface area contributed by atoms with E-state index in [4.69, 9.17) is 23.1 Å². The minimum absolute atomic E-state index is 0.0496. The average molecular weight is 540 g/mol. The van der Waals surface area contributed by atoms with Crippen molar-refractivity contribution >= 4 is 37.2 Å². The molecular formula is C14H20O16S3. The molecule has 16 nitrogen and oxygen atoms in total. The summed E-state index contributed by atoms with van der Waals surface area (Å²) in [7, 11) is -13.6. The number of benzene rings is 1. The maximum atomic E-state index is 12.0. The number of carbonyl (C=O) groups excluding carboxylic acids is 1. The molecule has 1 aromatic rings. The first-order chi connectivity index (χ1) is 15.1. The fraction of sp³-hybridized carbons (Fsp3) is 0.500. The molecule has 1 aromatic carbocycles. The van der Waals surface area contributed by atoms with Gasteiger partial charge in [0.05, 0.1) is 26.9 Å². The van der Waals surface area contributed by atoms with Gasteiger partial charge in [0.15, 0.2) is 0 Å². The van der Waals surface area contributed by atoms with Crippen molar-refractivity contribution in [1.29, 1.82) is 0 Å². The van der Waals surface area contributed by atoms with Crippen molar-refractivity contribution in [2.24, 2.45) is 0 Å². The fourth-order valence-electron chi connectivity index (χ4n) is 2.03. The average Bonchev–Trinajstić information content (AvgIpc) is 2.67. The van der Waals surface area contributed by atoms with Gasteiger partial charge >= 0.3 is 37.2 Å². The minimum Gasteiger partial charge on any atom is -0.493 e. The quantitative estimate of drug-likeness (QED) is 0.144. The van der Waals surface area contributed by atoms with Crippen molar-refractivity contribution in [3.63, 3.8) is 0 Å². The van der Waals surface area contributed by atoms with Gasteiger partial charge in [-0.2, -0.15) is 25.3 Å². The maximum Gasteiger partial charge on any atom is 0.397 e. The zero-order valence-corrected chi connectivity index (χ0v) is 19.2. The van der Waals surface area contributed by atoms with Crippen molar-refractivity contribution in [3.8, 4) is 11.5 Å². The molecule has 3 N–H and O–H groups in total. The summed E-state index contributed by atoms with van der Waals surface area (Å²) in [6.07, 6.45) is -1.71. The highest BCUT2D eigenvalue weighted by Crippen LogP contribution is 2.26. The molecule has 0 bridgehead atoms. The Kier molecular flexibility index (Phi) is 10.9. The molecule has 190 valence electrons. The first kappa shape index (κ1) is 28.9. The van der Waals surface area contributed by atoms with Crippen LogP contribution in [0, 0.1) is 0 Å². The standard InChI is InChI=1S/C14H20O16S3/c1-25-14(15)12-7-10(26-5-2-6-28-31(16,17)18)3-4-13(12)27-8-11(30-33(22,23)24)9-29-32(19,20)21/h3-4,7,11H,2,5-6,8-9H2,1H3,(H,16,17,18)(H,19,20,21)(H,22,23,24)/t11-/m0/s1. The maximum absolute atomic E-state index is 12.0.